The van der Waals surface area contributed by atoms with Gasteiger partial charge in [0, 0.05) is 24.0 Å². The lowest BCUT2D eigenvalue weighted by atomic mass is 9.83. The van der Waals surface area contributed by atoms with Crippen molar-refractivity contribution in [1.29, 1.82) is 0 Å². The van der Waals surface area contributed by atoms with Crippen LogP contribution < -0.4 is 4.74 Å². The number of nitrogens with zero attached hydrogens (tertiary/aromatic N) is 1. The van der Waals surface area contributed by atoms with Crippen molar-refractivity contribution in [1.82, 2.24) is 0 Å². The van der Waals surface area contributed by atoms with Crippen LogP contribution in [0.4, 0.5) is 0 Å². The maximum absolute atomic E-state index is 13.4. The zero-order valence-corrected chi connectivity index (χ0v) is 15.7. The van der Waals surface area contributed by atoms with Gasteiger partial charge in [0.1, 0.15) is 18.7 Å². The summed E-state index contributed by atoms with van der Waals surface area (Å²) in [4.78, 5) is 0. The van der Waals surface area contributed by atoms with Gasteiger partial charge in [-0.15, -0.1) is 0 Å². The van der Waals surface area contributed by atoms with Crippen LogP contribution in [0.5, 0.6) is 11.5 Å². The van der Waals surface area contributed by atoms with Gasteiger partial charge < -0.3 is 29.9 Å². The molecule has 0 spiro atoms. The van der Waals surface area contributed by atoms with Crippen LogP contribution in [0.25, 0.3) is 21.5 Å². The summed E-state index contributed by atoms with van der Waals surface area (Å²) in [7, 11) is 1.49. The van der Waals surface area contributed by atoms with Crippen LogP contribution in [0.15, 0.2) is 30.3 Å². The minimum absolute atomic E-state index is 0.0204. The second-order valence-corrected chi connectivity index (χ2v) is 7.99. The number of methoxy groups -OCH3 is 1. The van der Waals surface area contributed by atoms with Gasteiger partial charge in [-0.1, -0.05) is 12.1 Å². The van der Waals surface area contributed by atoms with Gasteiger partial charge in [0.2, 0.25) is 0 Å². The number of aliphatic hydroxyl groups excluding tert-OH is 2. The molecule has 2 aliphatic rings. The minimum Gasteiger partial charge on any atom is -0.632 e. The molecule has 0 saturated carbocycles. The molecule has 3 atom stereocenters. The monoisotopic (exact) mass is 381 g/mol. The number of aliphatic hydroxyl groups is 2. The fourth-order valence-corrected chi connectivity index (χ4v) is 5.21. The average molecular weight is 381 g/mol. The number of ether oxygens (including phenoxy) is 1. The first-order chi connectivity index (χ1) is 13.5. The van der Waals surface area contributed by atoms with Crippen LogP contribution >= 0.6 is 0 Å². The van der Waals surface area contributed by atoms with Gasteiger partial charge in [0.05, 0.1) is 20.3 Å². The van der Waals surface area contributed by atoms with Crippen molar-refractivity contribution in [2.45, 2.75) is 38.1 Å². The van der Waals surface area contributed by atoms with E-state index in [9.17, 15) is 20.5 Å². The molecule has 0 amide bonds. The van der Waals surface area contributed by atoms with Crippen molar-refractivity contribution in [3.05, 3.63) is 52.2 Å². The van der Waals surface area contributed by atoms with Gasteiger partial charge in [-0.05, 0) is 45.3 Å². The Balaban J connectivity index is 1.93. The molecule has 3 aromatic carbocycles. The second kappa shape index (κ2) is 6.06. The maximum atomic E-state index is 13.4. The standard InChI is InChI=1S/C22H23NO5/c1-28-20-9-16-15(8-19(20)25)14-7-12(11-24)4-5-13(14)21-17(16)10-23(27)6-2-3-18(23)22(21)26/h4-5,7-9,18,22,24-26H,2-3,6,10-11H2,1H3/t18-,22+,23?/m1/s1. The van der Waals surface area contributed by atoms with E-state index in [2.05, 4.69) is 0 Å². The molecule has 2 aliphatic heterocycles. The number of hydrogen-bond donors (Lipinski definition) is 3. The van der Waals surface area contributed by atoms with Gasteiger partial charge in [-0.3, -0.25) is 0 Å². The molecule has 1 fully saturated rings. The van der Waals surface area contributed by atoms with Gasteiger partial charge >= 0.3 is 0 Å². The number of quaternary nitrogens is 1. The molecule has 0 aromatic heterocycles. The molecule has 1 saturated heterocycles. The lowest BCUT2D eigenvalue weighted by Gasteiger charge is -2.50. The molecule has 2 heterocycles. The first-order valence-corrected chi connectivity index (χ1v) is 9.61. The Labute approximate surface area is 162 Å². The Morgan fingerprint density at radius 2 is 1.93 bits per heavy atom. The van der Waals surface area contributed by atoms with Crippen molar-refractivity contribution in [2.75, 3.05) is 13.7 Å². The van der Waals surface area contributed by atoms with Crippen LogP contribution in [0, 0.1) is 5.21 Å². The van der Waals surface area contributed by atoms with Crippen LogP contribution in [0.1, 0.15) is 35.6 Å². The third kappa shape index (κ3) is 2.29. The number of aromatic hydroxyl groups is 1. The highest BCUT2D eigenvalue weighted by Gasteiger charge is 2.46. The zero-order valence-electron chi connectivity index (χ0n) is 15.7. The van der Waals surface area contributed by atoms with Crippen LogP contribution in [-0.2, 0) is 13.2 Å². The number of phenolic OH excluding ortho intramolecular Hbond substituents is 1. The molecule has 6 heteroatoms. The average Bonchev–Trinajstić information content (AvgIpc) is 3.09. The number of rotatable bonds is 2. The Morgan fingerprint density at radius 3 is 2.68 bits per heavy atom. The van der Waals surface area contributed by atoms with E-state index in [4.69, 9.17) is 4.74 Å². The lowest BCUT2D eigenvalue weighted by Crippen LogP contribution is -2.51. The van der Waals surface area contributed by atoms with E-state index in [1.165, 1.54) is 7.11 Å². The summed E-state index contributed by atoms with van der Waals surface area (Å²) in [6.07, 6.45) is 0.695. The van der Waals surface area contributed by atoms with Crippen LogP contribution in [0.2, 0.25) is 0 Å². The molecular formula is C22H23NO5. The third-order valence-corrected chi connectivity index (χ3v) is 6.54. The Kier molecular flexibility index (Phi) is 3.83. The molecule has 0 aliphatic carbocycles. The highest BCUT2D eigenvalue weighted by atomic mass is 16.6. The molecule has 0 radical (unpaired) electrons. The molecule has 6 nitrogen and oxygen atoms in total. The molecular weight excluding hydrogens is 358 g/mol. The fourth-order valence-electron chi connectivity index (χ4n) is 5.21. The Bertz CT molecular complexity index is 1110. The van der Waals surface area contributed by atoms with Crippen LogP contribution in [-0.4, -0.2) is 39.7 Å². The summed E-state index contributed by atoms with van der Waals surface area (Å²) in [5.74, 6) is 0.356. The minimum atomic E-state index is -0.838. The molecule has 3 aromatic rings. The van der Waals surface area contributed by atoms with E-state index < -0.39 is 10.8 Å². The van der Waals surface area contributed by atoms with Crippen molar-refractivity contribution >= 4 is 21.5 Å². The quantitative estimate of drug-likeness (QED) is 0.360. The van der Waals surface area contributed by atoms with Crippen molar-refractivity contribution in [3.63, 3.8) is 0 Å². The second-order valence-electron chi connectivity index (χ2n) is 7.99. The zero-order chi connectivity index (χ0) is 19.6. The maximum Gasteiger partial charge on any atom is 0.161 e. The van der Waals surface area contributed by atoms with E-state index in [0.717, 1.165) is 51.1 Å². The molecule has 5 rings (SSSR count). The lowest BCUT2D eigenvalue weighted by molar-refractivity contribution is -0.912. The smallest absolute Gasteiger partial charge is 0.161 e. The Morgan fingerprint density at radius 1 is 1.14 bits per heavy atom. The summed E-state index contributed by atoms with van der Waals surface area (Å²) < 4.78 is 4.91. The topological polar surface area (TPSA) is 93.0 Å². The van der Waals surface area contributed by atoms with Gasteiger partial charge in [-0.2, -0.15) is 0 Å². The molecule has 3 N–H and O–H groups in total. The summed E-state index contributed by atoms with van der Waals surface area (Å²) in [6.45, 7) is 0.723. The Hall–Kier alpha value is -2.38. The van der Waals surface area contributed by atoms with E-state index in [-0.39, 0.29) is 18.4 Å². The largest absolute Gasteiger partial charge is 0.632 e. The van der Waals surface area contributed by atoms with E-state index in [0.29, 0.717) is 18.8 Å². The van der Waals surface area contributed by atoms with Gasteiger partial charge in [0.25, 0.3) is 0 Å². The number of benzene rings is 3. The molecule has 0 bridgehead atoms. The number of hydrogen-bond acceptors (Lipinski definition) is 5. The predicted molar refractivity (Wildman–Crippen MR) is 106 cm³/mol. The fraction of sp³-hybridized carbons (Fsp3) is 0.364. The molecule has 28 heavy (non-hydrogen) atoms. The van der Waals surface area contributed by atoms with E-state index >= 15 is 0 Å². The number of hydroxylamine groups is 3. The van der Waals surface area contributed by atoms with Crippen molar-refractivity contribution in [3.8, 4) is 11.5 Å². The van der Waals surface area contributed by atoms with Gasteiger partial charge in [0.15, 0.2) is 11.5 Å². The van der Waals surface area contributed by atoms with Gasteiger partial charge in [-0.25, -0.2) is 0 Å². The van der Waals surface area contributed by atoms with Crippen LogP contribution in [0.3, 0.4) is 0 Å². The summed E-state index contributed by atoms with van der Waals surface area (Å²) in [5.41, 5.74) is 2.39. The van der Waals surface area contributed by atoms with E-state index in [1.54, 1.807) is 12.1 Å². The number of fused-ring (bicyclic) bond motifs is 7. The summed E-state index contributed by atoms with van der Waals surface area (Å²) in [6, 6.07) is 8.69. The first-order valence-electron chi connectivity index (χ1n) is 9.61. The highest BCUT2D eigenvalue weighted by molar-refractivity contribution is 6.12. The summed E-state index contributed by atoms with van der Waals surface area (Å²) >= 11 is 0. The predicted octanol–water partition coefficient (Wildman–Crippen LogP) is 3.22. The third-order valence-electron chi connectivity index (χ3n) is 6.54. The molecule has 1 unspecified atom stereocenters. The normalized spacial score (nSPS) is 26.4. The molecule has 146 valence electrons. The SMILES string of the molecule is COc1cc2c3c(c4ccc(CO)cc4c2cc1O)[C@@H](O)[C@H]1CCC[N+]1([O-])C3. The summed E-state index contributed by atoms with van der Waals surface area (Å²) in [5, 5.41) is 47.9. The first kappa shape index (κ1) is 17.7. The van der Waals surface area contributed by atoms with E-state index in [1.807, 2.05) is 18.2 Å². The van der Waals surface area contributed by atoms with Crippen molar-refractivity contribution < 1.29 is 24.7 Å². The number of phenols is 1. The highest BCUT2D eigenvalue weighted by Crippen LogP contribution is 2.49. The van der Waals surface area contributed by atoms with Crippen molar-refractivity contribution in [2.24, 2.45) is 0 Å².